The maximum absolute atomic E-state index is 12.9. The molecule has 1 heterocycles. The average Bonchev–Trinajstić information content (AvgIpc) is 2.42. The summed E-state index contributed by atoms with van der Waals surface area (Å²) in [5.41, 5.74) is 2.27. The zero-order valence-electron chi connectivity index (χ0n) is 13.0. The Morgan fingerprint density at radius 2 is 2.10 bits per heavy atom. The molecule has 0 aromatic heterocycles. The molecule has 3 nitrogen and oxygen atoms in total. The van der Waals surface area contributed by atoms with Crippen molar-refractivity contribution in [2.75, 3.05) is 18.4 Å². The van der Waals surface area contributed by atoms with Crippen molar-refractivity contribution in [2.24, 2.45) is 5.92 Å². The molecule has 0 saturated carbocycles. The van der Waals surface area contributed by atoms with Crippen molar-refractivity contribution in [1.29, 1.82) is 0 Å². The molecule has 1 aromatic carbocycles. The minimum Gasteiger partial charge on any atom is -0.382 e. The first-order chi connectivity index (χ1) is 9.52. The smallest absolute Gasteiger partial charge is 0.230 e. The van der Waals surface area contributed by atoms with Crippen LogP contribution in [0.1, 0.15) is 45.6 Å². The van der Waals surface area contributed by atoms with Crippen LogP contribution in [0.2, 0.25) is 0 Å². The first-order valence-electron chi connectivity index (χ1n) is 7.67. The van der Waals surface area contributed by atoms with Gasteiger partial charge in [-0.25, -0.2) is 0 Å². The van der Waals surface area contributed by atoms with E-state index in [2.05, 4.69) is 45.1 Å². The number of hydrogen-bond donors (Lipinski definition) is 1. The van der Waals surface area contributed by atoms with Crippen LogP contribution >= 0.6 is 0 Å². The van der Waals surface area contributed by atoms with Crippen molar-refractivity contribution in [3.63, 3.8) is 0 Å². The van der Waals surface area contributed by atoms with E-state index in [0.29, 0.717) is 12.0 Å². The molecule has 0 aliphatic carbocycles. The van der Waals surface area contributed by atoms with Crippen molar-refractivity contribution in [3.8, 4) is 0 Å². The average molecular weight is 274 g/mol. The summed E-state index contributed by atoms with van der Waals surface area (Å²) in [6, 6.07) is 8.55. The summed E-state index contributed by atoms with van der Waals surface area (Å²) in [4.78, 5) is 14.9. The summed E-state index contributed by atoms with van der Waals surface area (Å²) in [5.74, 6) is 0.788. The van der Waals surface area contributed by atoms with Crippen LogP contribution < -0.4 is 5.32 Å². The normalized spacial score (nSPS) is 21.2. The van der Waals surface area contributed by atoms with Crippen LogP contribution in [0.5, 0.6) is 0 Å². The highest BCUT2D eigenvalue weighted by molar-refractivity contribution is 5.86. The first kappa shape index (κ1) is 14.9. The van der Waals surface area contributed by atoms with Gasteiger partial charge >= 0.3 is 0 Å². The van der Waals surface area contributed by atoms with Gasteiger partial charge in [-0.3, -0.25) is 4.79 Å². The van der Waals surface area contributed by atoms with Gasteiger partial charge in [-0.1, -0.05) is 32.0 Å². The molecule has 2 atom stereocenters. The highest BCUT2D eigenvalue weighted by Gasteiger charge is 2.32. The van der Waals surface area contributed by atoms with E-state index in [0.717, 1.165) is 30.8 Å². The van der Waals surface area contributed by atoms with Crippen LogP contribution in [0.4, 0.5) is 5.69 Å². The number of nitrogens with zero attached hydrogens (tertiary/aromatic N) is 1. The van der Waals surface area contributed by atoms with Crippen molar-refractivity contribution >= 4 is 11.6 Å². The van der Waals surface area contributed by atoms with Crippen LogP contribution in [-0.2, 0) is 4.79 Å². The molecular formula is C17H26N2O. The largest absolute Gasteiger partial charge is 0.382 e. The Balaban J connectivity index is 2.25. The highest BCUT2D eigenvalue weighted by atomic mass is 16.2. The van der Waals surface area contributed by atoms with Gasteiger partial charge in [0, 0.05) is 24.8 Å². The first-order valence-corrected chi connectivity index (χ1v) is 7.67. The summed E-state index contributed by atoms with van der Waals surface area (Å²) in [6.45, 7) is 10.2. The summed E-state index contributed by atoms with van der Waals surface area (Å²) in [5, 5.41) is 3.47. The van der Waals surface area contributed by atoms with Gasteiger partial charge in [0.15, 0.2) is 0 Å². The number of fused-ring (bicyclic) bond motifs is 1. The fourth-order valence-corrected chi connectivity index (χ4v) is 3.01. The Labute approximate surface area is 122 Å². The second-order valence-electron chi connectivity index (χ2n) is 6.19. The minimum atomic E-state index is 0.00106. The van der Waals surface area contributed by atoms with E-state index in [1.807, 2.05) is 17.0 Å². The van der Waals surface area contributed by atoms with E-state index in [1.54, 1.807) is 0 Å². The van der Waals surface area contributed by atoms with Crippen LogP contribution in [-0.4, -0.2) is 29.9 Å². The van der Waals surface area contributed by atoms with E-state index in [-0.39, 0.29) is 11.8 Å². The molecule has 1 aromatic rings. The zero-order chi connectivity index (χ0) is 14.7. The molecule has 2 unspecified atom stereocenters. The molecule has 0 saturated heterocycles. The molecule has 0 fully saturated rings. The number of likely N-dealkylation sites (N-methyl/N-ethyl adjacent to an activating group) is 1. The lowest BCUT2D eigenvalue weighted by molar-refractivity contribution is -0.133. The topological polar surface area (TPSA) is 32.3 Å². The maximum Gasteiger partial charge on any atom is 0.230 e. The fourth-order valence-electron chi connectivity index (χ4n) is 3.01. The lowest BCUT2D eigenvalue weighted by Crippen LogP contribution is -2.40. The van der Waals surface area contributed by atoms with Gasteiger partial charge in [0.25, 0.3) is 0 Å². The van der Waals surface area contributed by atoms with Crippen LogP contribution in [0.25, 0.3) is 0 Å². The third-order valence-corrected chi connectivity index (χ3v) is 3.90. The van der Waals surface area contributed by atoms with Crippen molar-refractivity contribution in [2.45, 2.75) is 46.1 Å². The number of amides is 1. The Morgan fingerprint density at radius 1 is 1.40 bits per heavy atom. The zero-order valence-corrected chi connectivity index (χ0v) is 13.0. The SMILES string of the molecule is CCN(CC(C)C)C(=O)C1CC(C)Nc2ccccc21. The van der Waals surface area contributed by atoms with Crippen molar-refractivity contribution in [3.05, 3.63) is 29.8 Å². The molecule has 2 rings (SSSR count). The minimum absolute atomic E-state index is 0.00106. The van der Waals surface area contributed by atoms with E-state index in [9.17, 15) is 4.79 Å². The van der Waals surface area contributed by atoms with E-state index in [4.69, 9.17) is 0 Å². The molecule has 110 valence electrons. The van der Waals surface area contributed by atoms with Crippen molar-refractivity contribution in [1.82, 2.24) is 4.90 Å². The quantitative estimate of drug-likeness (QED) is 0.911. The lowest BCUT2D eigenvalue weighted by atomic mass is 9.86. The number of hydrogen-bond acceptors (Lipinski definition) is 2. The number of nitrogens with one attached hydrogen (secondary N) is 1. The number of carbonyl (C=O) groups excluding carboxylic acids is 1. The molecule has 1 aliphatic heterocycles. The maximum atomic E-state index is 12.9. The summed E-state index contributed by atoms with van der Waals surface area (Å²) >= 11 is 0. The highest BCUT2D eigenvalue weighted by Crippen LogP contribution is 2.35. The molecule has 0 spiro atoms. The van der Waals surface area contributed by atoms with E-state index in [1.165, 1.54) is 0 Å². The predicted molar refractivity (Wildman–Crippen MR) is 84.0 cm³/mol. The van der Waals surface area contributed by atoms with E-state index >= 15 is 0 Å². The second-order valence-corrected chi connectivity index (χ2v) is 6.19. The lowest BCUT2D eigenvalue weighted by Gasteiger charge is -2.34. The molecule has 0 radical (unpaired) electrons. The van der Waals surface area contributed by atoms with Gasteiger partial charge in [0.05, 0.1) is 5.92 Å². The molecule has 0 bridgehead atoms. The van der Waals surface area contributed by atoms with Gasteiger partial charge < -0.3 is 10.2 Å². The molecule has 3 heteroatoms. The third-order valence-electron chi connectivity index (χ3n) is 3.90. The van der Waals surface area contributed by atoms with Crippen LogP contribution in [0.15, 0.2) is 24.3 Å². The van der Waals surface area contributed by atoms with E-state index < -0.39 is 0 Å². The number of rotatable bonds is 4. The number of benzene rings is 1. The van der Waals surface area contributed by atoms with Gasteiger partial charge in [0.2, 0.25) is 5.91 Å². The number of carbonyl (C=O) groups is 1. The molecule has 1 aliphatic rings. The van der Waals surface area contributed by atoms with Crippen LogP contribution in [0, 0.1) is 5.92 Å². The van der Waals surface area contributed by atoms with Gasteiger partial charge in [-0.05, 0) is 37.8 Å². The Bertz CT molecular complexity index is 470. The van der Waals surface area contributed by atoms with Gasteiger partial charge in [0.1, 0.15) is 0 Å². The summed E-state index contributed by atoms with van der Waals surface area (Å²) in [7, 11) is 0. The molecule has 1 N–H and O–H groups in total. The van der Waals surface area contributed by atoms with Crippen LogP contribution in [0.3, 0.4) is 0 Å². The standard InChI is InChI=1S/C17H26N2O/c1-5-19(11-12(2)3)17(20)15-10-13(4)18-16-9-7-6-8-14(15)16/h6-9,12-13,15,18H,5,10-11H2,1-4H3. The number of anilines is 1. The van der Waals surface area contributed by atoms with Crippen molar-refractivity contribution < 1.29 is 4.79 Å². The number of para-hydroxylation sites is 1. The Morgan fingerprint density at radius 3 is 2.75 bits per heavy atom. The van der Waals surface area contributed by atoms with Gasteiger partial charge in [-0.2, -0.15) is 0 Å². The van der Waals surface area contributed by atoms with Gasteiger partial charge in [-0.15, -0.1) is 0 Å². The Kier molecular flexibility index (Phi) is 4.69. The summed E-state index contributed by atoms with van der Waals surface area (Å²) < 4.78 is 0. The second kappa shape index (κ2) is 6.29. The molecular weight excluding hydrogens is 248 g/mol. The molecule has 20 heavy (non-hydrogen) atoms. The predicted octanol–water partition coefficient (Wildman–Crippen LogP) is 3.48. The fraction of sp³-hybridized carbons (Fsp3) is 0.588. The Hall–Kier alpha value is -1.51. The molecule has 1 amide bonds. The third kappa shape index (κ3) is 3.14. The monoisotopic (exact) mass is 274 g/mol. The summed E-state index contributed by atoms with van der Waals surface area (Å²) in [6.07, 6.45) is 0.879.